The van der Waals surface area contributed by atoms with Gasteiger partial charge in [-0.1, -0.05) is 19.1 Å². The van der Waals surface area contributed by atoms with E-state index in [9.17, 15) is 24.5 Å². The predicted molar refractivity (Wildman–Crippen MR) is 77.5 cm³/mol. The number of esters is 1. The lowest BCUT2D eigenvalue weighted by atomic mass is 9.75. The quantitative estimate of drug-likeness (QED) is 0.252. The van der Waals surface area contributed by atoms with E-state index in [0.29, 0.717) is 0 Å². The molecule has 22 heavy (non-hydrogen) atoms. The first kappa shape index (κ1) is 17.5. The molecule has 0 aliphatic heterocycles. The van der Waals surface area contributed by atoms with Gasteiger partial charge in [0.15, 0.2) is 17.0 Å². The normalized spacial score (nSPS) is 13.0. The van der Waals surface area contributed by atoms with E-state index in [1.807, 2.05) is 0 Å². The first-order valence-corrected chi connectivity index (χ1v) is 6.78. The molecule has 0 aliphatic carbocycles. The van der Waals surface area contributed by atoms with Crippen LogP contribution in [-0.4, -0.2) is 29.1 Å². The molecule has 0 amide bonds. The predicted octanol–water partition coefficient (Wildman–Crippen LogP) is 2.33. The van der Waals surface area contributed by atoms with Crippen LogP contribution in [0.25, 0.3) is 0 Å². The van der Waals surface area contributed by atoms with Gasteiger partial charge in [0.1, 0.15) is 0 Å². The summed E-state index contributed by atoms with van der Waals surface area (Å²) in [5.74, 6) is -2.36. The van der Waals surface area contributed by atoms with E-state index in [4.69, 9.17) is 4.74 Å². The molecule has 0 spiro atoms. The summed E-state index contributed by atoms with van der Waals surface area (Å²) in [5.41, 5.74) is -2.33. The van der Waals surface area contributed by atoms with Crippen molar-refractivity contribution in [2.45, 2.75) is 27.2 Å². The topological polar surface area (TPSA) is 104 Å². The Morgan fingerprint density at radius 2 is 1.91 bits per heavy atom. The number of hydrogen-bond donors (Lipinski definition) is 0. The third-order valence-electron chi connectivity index (χ3n) is 3.46. The molecular formula is C15H17NO6. The fourth-order valence-electron chi connectivity index (χ4n) is 2.21. The van der Waals surface area contributed by atoms with Gasteiger partial charge in [-0.05, 0) is 20.3 Å². The van der Waals surface area contributed by atoms with Gasteiger partial charge in [0.25, 0.3) is 5.69 Å². The van der Waals surface area contributed by atoms with Gasteiger partial charge >= 0.3 is 5.97 Å². The second-order valence-electron chi connectivity index (χ2n) is 4.67. The highest BCUT2D eigenvalue weighted by molar-refractivity contribution is 6.26. The summed E-state index contributed by atoms with van der Waals surface area (Å²) >= 11 is 0. The molecule has 1 atom stereocenters. The van der Waals surface area contributed by atoms with Crippen molar-refractivity contribution in [1.29, 1.82) is 0 Å². The molecule has 0 N–H and O–H groups in total. The van der Waals surface area contributed by atoms with Crippen molar-refractivity contribution < 1.29 is 24.0 Å². The average Bonchev–Trinajstić information content (AvgIpc) is 2.48. The molecule has 0 saturated carbocycles. The minimum absolute atomic E-state index is 0.0239. The van der Waals surface area contributed by atoms with Crippen LogP contribution in [0.1, 0.15) is 37.6 Å². The Morgan fingerprint density at radius 1 is 1.27 bits per heavy atom. The number of non-ortho nitro benzene ring substituents is 1. The molecule has 7 heteroatoms. The number of ketones is 2. The molecule has 1 unspecified atom stereocenters. The first-order valence-electron chi connectivity index (χ1n) is 6.78. The number of benzene rings is 1. The van der Waals surface area contributed by atoms with Gasteiger partial charge in [-0.25, -0.2) is 0 Å². The average molecular weight is 307 g/mol. The zero-order valence-electron chi connectivity index (χ0n) is 12.6. The summed E-state index contributed by atoms with van der Waals surface area (Å²) in [6.45, 7) is 4.25. The maximum atomic E-state index is 12.7. The van der Waals surface area contributed by atoms with Crippen LogP contribution in [-0.2, 0) is 14.3 Å². The minimum atomic E-state index is -1.97. The van der Waals surface area contributed by atoms with Crippen LogP contribution in [0.5, 0.6) is 0 Å². The molecule has 1 aromatic rings. The zero-order chi connectivity index (χ0) is 16.9. The van der Waals surface area contributed by atoms with E-state index in [-0.39, 0.29) is 24.3 Å². The van der Waals surface area contributed by atoms with E-state index in [2.05, 4.69) is 0 Å². The van der Waals surface area contributed by atoms with Gasteiger partial charge < -0.3 is 4.74 Å². The highest BCUT2D eigenvalue weighted by atomic mass is 16.6. The molecule has 1 aromatic carbocycles. The van der Waals surface area contributed by atoms with Crippen LogP contribution in [0.4, 0.5) is 5.69 Å². The Bertz CT molecular complexity index is 624. The Hall–Kier alpha value is -2.57. The maximum absolute atomic E-state index is 12.7. The van der Waals surface area contributed by atoms with E-state index in [1.54, 1.807) is 6.92 Å². The summed E-state index contributed by atoms with van der Waals surface area (Å²) in [7, 11) is 0. The van der Waals surface area contributed by atoms with Crippen molar-refractivity contribution in [3.63, 3.8) is 0 Å². The van der Waals surface area contributed by atoms with E-state index in [0.717, 1.165) is 13.0 Å². The number of nitrogens with zero attached hydrogens (tertiary/aromatic N) is 1. The highest BCUT2D eigenvalue weighted by Gasteiger charge is 2.50. The molecule has 0 fully saturated rings. The molecule has 0 heterocycles. The van der Waals surface area contributed by atoms with Gasteiger partial charge in [0, 0.05) is 17.7 Å². The number of Topliss-reactive ketones (excluding diaryl/α,β-unsaturated/α-hetero) is 2. The third-order valence-corrected chi connectivity index (χ3v) is 3.46. The van der Waals surface area contributed by atoms with Crippen molar-refractivity contribution in [3.05, 3.63) is 39.9 Å². The molecule has 0 radical (unpaired) electrons. The molecular weight excluding hydrogens is 290 g/mol. The standard InChI is InChI=1S/C15H17NO6/c1-4-15(10(3)17,14(19)22-5-2)13(18)11-7-6-8-12(9-11)16(20)21/h6-9H,4-5H2,1-3H3. The summed E-state index contributed by atoms with van der Waals surface area (Å²) in [6.07, 6.45) is -0.0807. The van der Waals surface area contributed by atoms with Crippen LogP contribution < -0.4 is 0 Å². The van der Waals surface area contributed by atoms with Crippen molar-refractivity contribution in [2.24, 2.45) is 5.41 Å². The summed E-state index contributed by atoms with van der Waals surface area (Å²) in [6, 6.07) is 4.94. The van der Waals surface area contributed by atoms with E-state index in [1.165, 1.54) is 25.1 Å². The molecule has 0 bridgehead atoms. The van der Waals surface area contributed by atoms with Crippen molar-refractivity contribution in [3.8, 4) is 0 Å². The van der Waals surface area contributed by atoms with Crippen LogP contribution in [0, 0.1) is 15.5 Å². The number of hydrogen-bond acceptors (Lipinski definition) is 6. The summed E-state index contributed by atoms with van der Waals surface area (Å²) < 4.78 is 4.87. The molecule has 1 rings (SSSR count). The minimum Gasteiger partial charge on any atom is -0.465 e. The van der Waals surface area contributed by atoms with Gasteiger partial charge in [-0.15, -0.1) is 0 Å². The van der Waals surface area contributed by atoms with E-state index < -0.39 is 27.9 Å². The summed E-state index contributed by atoms with van der Waals surface area (Å²) in [5, 5.41) is 10.8. The lowest BCUT2D eigenvalue weighted by Crippen LogP contribution is -2.46. The van der Waals surface area contributed by atoms with Crippen LogP contribution in [0.15, 0.2) is 24.3 Å². The highest BCUT2D eigenvalue weighted by Crippen LogP contribution is 2.31. The summed E-state index contributed by atoms with van der Waals surface area (Å²) in [4.78, 5) is 47.0. The Kier molecular flexibility index (Phi) is 5.50. The monoisotopic (exact) mass is 307 g/mol. The Morgan fingerprint density at radius 3 is 2.36 bits per heavy atom. The Balaban J connectivity index is 3.40. The lowest BCUT2D eigenvalue weighted by molar-refractivity contribution is -0.384. The van der Waals surface area contributed by atoms with Crippen LogP contribution in [0.3, 0.4) is 0 Å². The van der Waals surface area contributed by atoms with Crippen LogP contribution >= 0.6 is 0 Å². The second-order valence-corrected chi connectivity index (χ2v) is 4.67. The van der Waals surface area contributed by atoms with Gasteiger partial charge in [-0.2, -0.15) is 0 Å². The fraction of sp³-hybridized carbons (Fsp3) is 0.400. The van der Waals surface area contributed by atoms with Crippen molar-refractivity contribution in [2.75, 3.05) is 6.61 Å². The fourth-order valence-corrected chi connectivity index (χ4v) is 2.21. The largest absolute Gasteiger partial charge is 0.465 e. The van der Waals surface area contributed by atoms with Gasteiger partial charge in [-0.3, -0.25) is 24.5 Å². The molecule has 0 aromatic heterocycles. The number of carbonyl (C=O) groups is 3. The van der Waals surface area contributed by atoms with Crippen molar-refractivity contribution in [1.82, 2.24) is 0 Å². The van der Waals surface area contributed by atoms with Crippen LogP contribution in [0.2, 0.25) is 0 Å². The number of rotatable bonds is 7. The van der Waals surface area contributed by atoms with E-state index >= 15 is 0 Å². The Labute approximate surface area is 127 Å². The molecule has 118 valence electrons. The molecule has 0 aliphatic rings. The number of ether oxygens (including phenoxy) is 1. The molecule has 0 saturated heterocycles. The third kappa shape index (κ3) is 3.03. The van der Waals surface area contributed by atoms with Gasteiger partial charge in [0.2, 0.25) is 0 Å². The second kappa shape index (κ2) is 6.93. The molecule has 7 nitrogen and oxygen atoms in total. The zero-order valence-corrected chi connectivity index (χ0v) is 12.6. The number of carbonyl (C=O) groups excluding carboxylic acids is 3. The number of nitro groups is 1. The first-order chi connectivity index (χ1) is 10.3. The lowest BCUT2D eigenvalue weighted by Gasteiger charge is -2.26. The SMILES string of the molecule is CCOC(=O)C(CC)(C(C)=O)C(=O)c1cccc([N+](=O)[O-])c1. The smallest absolute Gasteiger partial charge is 0.327 e. The maximum Gasteiger partial charge on any atom is 0.327 e. The van der Waals surface area contributed by atoms with Gasteiger partial charge in [0.05, 0.1) is 11.5 Å². The van der Waals surface area contributed by atoms with Crippen molar-refractivity contribution >= 4 is 23.2 Å². The number of nitro benzene ring substituents is 1.